The van der Waals surface area contributed by atoms with Gasteiger partial charge in [-0.1, -0.05) is 0 Å². The van der Waals surface area contributed by atoms with Crippen LogP contribution in [0, 0.1) is 5.92 Å². The van der Waals surface area contributed by atoms with Crippen LogP contribution < -0.4 is 5.32 Å². The van der Waals surface area contributed by atoms with E-state index in [4.69, 9.17) is 0 Å². The summed E-state index contributed by atoms with van der Waals surface area (Å²) in [5, 5.41) is 3.23. The van der Waals surface area contributed by atoms with Gasteiger partial charge in [0.05, 0.1) is 5.56 Å². The highest BCUT2D eigenvalue weighted by molar-refractivity contribution is 6.20. The number of hydrogen-bond donors (Lipinski definition) is 1. The van der Waals surface area contributed by atoms with Gasteiger partial charge in [-0.2, -0.15) is 0 Å². The Hall–Kier alpha value is -1.75. The lowest BCUT2D eigenvalue weighted by atomic mass is 10.1. The molecule has 0 bridgehead atoms. The Labute approximate surface area is 98.8 Å². The molecular weight excluding hydrogens is 218 g/mol. The van der Waals surface area contributed by atoms with Gasteiger partial charge in [0.2, 0.25) is 0 Å². The number of nitrogens with zero attached hydrogens (tertiary/aromatic N) is 2. The molecule has 3 rings (SSSR count). The molecule has 0 spiro atoms. The molecule has 0 aromatic carbocycles. The van der Waals surface area contributed by atoms with Crippen molar-refractivity contribution in [3.8, 4) is 0 Å². The third-order valence-electron chi connectivity index (χ3n) is 3.33. The summed E-state index contributed by atoms with van der Waals surface area (Å²) >= 11 is 0. The second kappa shape index (κ2) is 3.92. The van der Waals surface area contributed by atoms with E-state index in [-0.39, 0.29) is 11.8 Å². The van der Waals surface area contributed by atoms with Crippen LogP contribution in [-0.2, 0) is 0 Å². The molecule has 0 aliphatic carbocycles. The maximum Gasteiger partial charge on any atom is 0.280 e. The van der Waals surface area contributed by atoms with Crippen LogP contribution in [0.1, 0.15) is 27.3 Å². The van der Waals surface area contributed by atoms with Crippen LogP contribution in [0.25, 0.3) is 0 Å². The van der Waals surface area contributed by atoms with Crippen molar-refractivity contribution in [2.75, 3.05) is 19.6 Å². The van der Waals surface area contributed by atoms with Crippen molar-refractivity contribution >= 4 is 11.8 Å². The van der Waals surface area contributed by atoms with E-state index in [9.17, 15) is 9.59 Å². The van der Waals surface area contributed by atoms with Gasteiger partial charge in [-0.05, 0) is 37.6 Å². The fourth-order valence-electron chi connectivity index (χ4n) is 2.41. The first kappa shape index (κ1) is 10.4. The van der Waals surface area contributed by atoms with Crippen molar-refractivity contribution in [3.63, 3.8) is 0 Å². The Balaban J connectivity index is 1.84. The Morgan fingerprint density at radius 3 is 3.00 bits per heavy atom. The fourth-order valence-corrected chi connectivity index (χ4v) is 2.41. The summed E-state index contributed by atoms with van der Waals surface area (Å²) in [4.78, 5) is 29.4. The Morgan fingerprint density at radius 1 is 1.41 bits per heavy atom. The van der Waals surface area contributed by atoms with Gasteiger partial charge in [-0.15, -0.1) is 0 Å². The van der Waals surface area contributed by atoms with Gasteiger partial charge in [0, 0.05) is 12.7 Å². The van der Waals surface area contributed by atoms with Crippen molar-refractivity contribution in [3.05, 3.63) is 29.6 Å². The first-order valence-corrected chi connectivity index (χ1v) is 5.79. The minimum atomic E-state index is -0.252. The van der Waals surface area contributed by atoms with Gasteiger partial charge in [-0.25, -0.2) is 0 Å². The van der Waals surface area contributed by atoms with Crippen molar-refractivity contribution in [1.29, 1.82) is 0 Å². The minimum absolute atomic E-state index is 0.204. The molecule has 1 N–H and O–H groups in total. The lowest BCUT2D eigenvalue weighted by Gasteiger charge is -2.17. The first-order chi connectivity index (χ1) is 8.27. The highest BCUT2D eigenvalue weighted by atomic mass is 16.2. The molecule has 1 saturated heterocycles. The van der Waals surface area contributed by atoms with Crippen molar-refractivity contribution in [1.82, 2.24) is 15.2 Å². The monoisotopic (exact) mass is 231 g/mol. The largest absolute Gasteiger partial charge is 0.316 e. The summed E-state index contributed by atoms with van der Waals surface area (Å²) in [6.07, 6.45) is 2.56. The molecule has 1 aromatic heterocycles. The third-order valence-corrected chi connectivity index (χ3v) is 3.33. The summed E-state index contributed by atoms with van der Waals surface area (Å²) in [7, 11) is 0. The number of imide groups is 1. The number of carbonyl (C=O) groups excluding carboxylic acids is 2. The van der Waals surface area contributed by atoms with Crippen molar-refractivity contribution in [2.45, 2.75) is 6.42 Å². The standard InChI is InChI=1S/C12H13N3O2/c16-11-9-2-1-4-14-10(9)12(17)15(11)7-8-3-5-13-6-8/h1-2,4,8,13H,3,5-7H2. The molecule has 0 radical (unpaired) electrons. The smallest absolute Gasteiger partial charge is 0.280 e. The van der Waals surface area contributed by atoms with Crippen LogP contribution in [0.4, 0.5) is 0 Å². The van der Waals surface area contributed by atoms with Crippen molar-refractivity contribution < 1.29 is 9.59 Å². The SMILES string of the molecule is O=C1c2cccnc2C(=O)N1CC1CCNC1. The van der Waals surface area contributed by atoms with Gasteiger partial charge < -0.3 is 5.32 Å². The van der Waals surface area contributed by atoms with Gasteiger partial charge >= 0.3 is 0 Å². The van der Waals surface area contributed by atoms with Crippen molar-refractivity contribution in [2.24, 2.45) is 5.92 Å². The number of amides is 2. The topological polar surface area (TPSA) is 62.3 Å². The molecule has 1 fully saturated rings. The molecule has 2 aliphatic rings. The summed E-state index contributed by atoms with van der Waals surface area (Å²) < 4.78 is 0. The quantitative estimate of drug-likeness (QED) is 0.743. The molecule has 88 valence electrons. The predicted octanol–water partition coefficient (Wildman–Crippen LogP) is 0.287. The average Bonchev–Trinajstić information content (AvgIpc) is 2.94. The number of aromatic nitrogens is 1. The van der Waals surface area contributed by atoms with E-state index in [0.717, 1.165) is 19.5 Å². The van der Waals surface area contributed by atoms with Gasteiger partial charge in [0.1, 0.15) is 5.69 Å². The van der Waals surface area contributed by atoms with Crippen LogP contribution in [0.2, 0.25) is 0 Å². The van der Waals surface area contributed by atoms with E-state index in [1.807, 2.05) is 0 Å². The lowest BCUT2D eigenvalue weighted by Crippen LogP contribution is -2.35. The zero-order valence-electron chi connectivity index (χ0n) is 9.35. The highest BCUT2D eigenvalue weighted by Crippen LogP contribution is 2.22. The van der Waals surface area contributed by atoms with E-state index in [1.54, 1.807) is 18.3 Å². The Kier molecular flexibility index (Phi) is 2.40. The molecule has 0 saturated carbocycles. The minimum Gasteiger partial charge on any atom is -0.316 e. The van der Waals surface area contributed by atoms with Gasteiger partial charge in [0.25, 0.3) is 11.8 Å². The predicted molar refractivity (Wildman–Crippen MR) is 60.6 cm³/mol. The lowest BCUT2D eigenvalue weighted by molar-refractivity contribution is 0.0631. The van der Waals surface area contributed by atoms with Crippen LogP contribution >= 0.6 is 0 Å². The summed E-state index contributed by atoms with van der Waals surface area (Å²) in [6.45, 7) is 2.34. The summed E-state index contributed by atoms with van der Waals surface area (Å²) in [5.41, 5.74) is 0.729. The Morgan fingerprint density at radius 2 is 2.29 bits per heavy atom. The maximum atomic E-state index is 12.0. The van der Waals surface area contributed by atoms with Crippen LogP contribution in [0.3, 0.4) is 0 Å². The first-order valence-electron chi connectivity index (χ1n) is 5.79. The van der Waals surface area contributed by atoms with Crippen LogP contribution in [0.5, 0.6) is 0 Å². The number of fused-ring (bicyclic) bond motifs is 1. The zero-order valence-corrected chi connectivity index (χ0v) is 9.35. The summed E-state index contributed by atoms with van der Waals surface area (Å²) in [6, 6.07) is 3.35. The van der Waals surface area contributed by atoms with Gasteiger partial charge in [-0.3, -0.25) is 19.5 Å². The molecule has 1 unspecified atom stereocenters. The molecule has 5 nitrogen and oxygen atoms in total. The molecule has 2 amide bonds. The second-order valence-electron chi connectivity index (χ2n) is 4.48. The summed E-state index contributed by atoms with van der Waals surface area (Å²) in [5.74, 6) is -0.0836. The average molecular weight is 231 g/mol. The van der Waals surface area contributed by atoms with E-state index < -0.39 is 0 Å². The van der Waals surface area contributed by atoms with Crippen LogP contribution in [0.15, 0.2) is 18.3 Å². The number of rotatable bonds is 2. The molecule has 1 aromatic rings. The van der Waals surface area contributed by atoms with E-state index in [0.29, 0.717) is 23.7 Å². The second-order valence-corrected chi connectivity index (χ2v) is 4.48. The van der Waals surface area contributed by atoms with Gasteiger partial charge in [0.15, 0.2) is 0 Å². The number of carbonyl (C=O) groups is 2. The third kappa shape index (κ3) is 1.63. The molecule has 2 aliphatic heterocycles. The molecule has 5 heteroatoms. The normalized spacial score (nSPS) is 23.3. The molecule has 17 heavy (non-hydrogen) atoms. The molecule has 1 atom stereocenters. The number of hydrogen-bond acceptors (Lipinski definition) is 4. The highest BCUT2D eigenvalue weighted by Gasteiger charge is 2.37. The van der Waals surface area contributed by atoms with Crippen LogP contribution in [-0.4, -0.2) is 41.3 Å². The molecular formula is C12H13N3O2. The molecule has 3 heterocycles. The van der Waals surface area contributed by atoms with E-state index >= 15 is 0 Å². The van der Waals surface area contributed by atoms with E-state index in [2.05, 4.69) is 10.3 Å². The maximum absolute atomic E-state index is 12.0. The fraction of sp³-hybridized carbons (Fsp3) is 0.417. The number of pyridine rings is 1. The number of nitrogens with one attached hydrogen (secondary N) is 1. The Bertz CT molecular complexity index is 445. The van der Waals surface area contributed by atoms with E-state index in [1.165, 1.54) is 4.90 Å². The zero-order chi connectivity index (χ0) is 11.8.